The first kappa shape index (κ1) is 13.6. The first-order valence-electron chi connectivity index (χ1n) is 6.62. The number of carbonyl (C=O) groups is 1. The Balaban J connectivity index is 1.52. The normalized spacial score (nSPS) is 14.8. The Kier molecular flexibility index (Phi) is 4.32. The highest BCUT2D eigenvalue weighted by molar-refractivity contribution is 7.98. The van der Waals surface area contributed by atoms with Crippen LogP contribution in [0, 0.1) is 5.92 Å². The predicted octanol–water partition coefficient (Wildman–Crippen LogP) is 3.57. The molecule has 1 saturated carbocycles. The molecule has 20 heavy (non-hydrogen) atoms. The summed E-state index contributed by atoms with van der Waals surface area (Å²) in [5.41, 5.74) is 1.24. The van der Waals surface area contributed by atoms with Gasteiger partial charge in [0.1, 0.15) is 0 Å². The van der Waals surface area contributed by atoms with E-state index in [2.05, 4.69) is 26.8 Å². The summed E-state index contributed by atoms with van der Waals surface area (Å²) in [4.78, 5) is 16.1. The van der Waals surface area contributed by atoms with Crippen molar-refractivity contribution < 1.29 is 4.79 Å². The van der Waals surface area contributed by atoms with E-state index >= 15 is 0 Å². The molecule has 0 saturated heterocycles. The molecule has 0 aliphatic heterocycles. The molecule has 3 rings (SSSR count). The second-order valence-corrected chi connectivity index (χ2v) is 6.47. The van der Waals surface area contributed by atoms with E-state index in [4.69, 9.17) is 0 Å². The standard InChI is InChI=1S/C14H15N3OS2/c18-12(11-7-4-8-11)15-13-16-14(17-20-13)19-9-10-5-2-1-3-6-10/h1-3,5-6,11H,4,7-9H2,(H,15,16,17,18). The third kappa shape index (κ3) is 3.37. The predicted molar refractivity (Wildman–Crippen MR) is 81.9 cm³/mol. The van der Waals surface area contributed by atoms with E-state index in [0.29, 0.717) is 5.13 Å². The monoisotopic (exact) mass is 305 g/mol. The molecule has 1 aliphatic rings. The van der Waals surface area contributed by atoms with Gasteiger partial charge in [0.25, 0.3) is 0 Å². The minimum atomic E-state index is 0.0898. The zero-order chi connectivity index (χ0) is 13.8. The third-order valence-electron chi connectivity index (χ3n) is 3.32. The molecular formula is C14H15N3OS2. The van der Waals surface area contributed by atoms with Crippen LogP contribution in [0.4, 0.5) is 5.13 Å². The van der Waals surface area contributed by atoms with Crippen LogP contribution >= 0.6 is 23.3 Å². The van der Waals surface area contributed by atoms with Gasteiger partial charge in [0.05, 0.1) is 0 Å². The van der Waals surface area contributed by atoms with Gasteiger partial charge in [-0.05, 0) is 18.4 Å². The van der Waals surface area contributed by atoms with Crippen LogP contribution in [-0.2, 0) is 10.5 Å². The average molecular weight is 305 g/mol. The number of hydrogen-bond donors (Lipinski definition) is 1. The number of benzene rings is 1. The summed E-state index contributed by atoms with van der Waals surface area (Å²) in [5, 5.41) is 4.19. The van der Waals surface area contributed by atoms with E-state index in [1.165, 1.54) is 17.1 Å². The van der Waals surface area contributed by atoms with Crippen molar-refractivity contribution in [2.45, 2.75) is 30.2 Å². The largest absolute Gasteiger partial charge is 0.300 e. The van der Waals surface area contributed by atoms with E-state index in [1.807, 2.05) is 18.2 Å². The maximum Gasteiger partial charge on any atom is 0.229 e. The van der Waals surface area contributed by atoms with Crippen LogP contribution in [0.3, 0.4) is 0 Å². The molecule has 0 spiro atoms. The Morgan fingerprint density at radius 1 is 1.35 bits per heavy atom. The summed E-state index contributed by atoms with van der Waals surface area (Å²) in [6.07, 6.45) is 3.16. The first-order chi connectivity index (χ1) is 9.81. The lowest BCUT2D eigenvalue weighted by Gasteiger charge is -2.23. The molecule has 1 aromatic carbocycles. The van der Waals surface area contributed by atoms with E-state index in [9.17, 15) is 4.79 Å². The van der Waals surface area contributed by atoms with E-state index in [0.717, 1.165) is 30.2 Å². The topological polar surface area (TPSA) is 54.9 Å². The number of hydrogen-bond acceptors (Lipinski definition) is 5. The number of carbonyl (C=O) groups excluding carboxylic acids is 1. The number of anilines is 1. The lowest BCUT2D eigenvalue weighted by atomic mass is 9.85. The van der Waals surface area contributed by atoms with Gasteiger partial charge >= 0.3 is 0 Å². The molecular weight excluding hydrogens is 290 g/mol. The van der Waals surface area contributed by atoms with Gasteiger partial charge in [-0.3, -0.25) is 4.79 Å². The van der Waals surface area contributed by atoms with E-state index in [1.54, 1.807) is 11.8 Å². The Hall–Kier alpha value is -1.40. The second-order valence-electron chi connectivity index (χ2n) is 4.77. The highest BCUT2D eigenvalue weighted by Crippen LogP contribution is 2.29. The van der Waals surface area contributed by atoms with Crippen molar-refractivity contribution in [3.63, 3.8) is 0 Å². The molecule has 2 aromatic rings. The van der Waals surface area contributed by atoms with Crippen molar-refractivity contribution >= 4 is 34.3 Å². The first-order valence-corrected chi connectivity index (χ1v) is 8.38. The van der Waals surface area contributed by atoms with Crippen LogP contribution in [0.1, 0.15) is 24.8 Å². The van der Waals surface area contributed by atoms with Gasteiger partial charge in [0.15, 0.2) is 0 Å². The smallest absolute Gasteiger partial charge is 0.229 e. The molecule has 1 amide bonds. The molecule has 0 bridgehead atoms. The van der Waals surface area contributed by atoms with Gasteiger partial charge in [-0.15, -0.1) is 0 Å². The fourth-order valence-corrected chi connectivity index (χ4v) is 3.42. The summed E-state index contributed by atoms with van der Waals surface area (Å²) in [6.45, 7) is 0. The molecule has 104 valence electrons. The van der Waals surface area contributed by atoms with Gasteiger partial charge in [-0.1, -0.05) is 48.5 Å². The molecule has 1 fully saturated rings. The molecule has 1 heterocycles. The number of nitrogens with zero attached hydrogens (tertiary/aromatic N) is 2. The SMILES string of the molecule is O=C(Nc1nc(SCc2ccccc2)ns1)C1CCC1. The molecule has 6 heteroatoms. The van der Waals surface area contributed by atoms with Crippen molar-refractivity contribution in [2.24, 2.45) is 5.92 Å². The zero-order valence-electron chi connectivity index (χ0n) is 10.9. The van der Waals surface area contributed by atoms with Gasteiger partial charge < -0.3 is 5.32 Å². The van der Waals surface area contributed by atoms with Crippen LogP contribution in [0.25, 0.3) is 0 Å². The summed E-state index contributed by atoms with van der Waals surface area (Å²) >= 11 is 2.84. The number of nitrogens with one attached hydrogen (secondary N) is 1. The van der Waals surface area contributed by atoms with Crippen molar-refractivity contribution in [1.82, 2.24) is 9.36 Å². The Morgan fingerprint density at radius 3 is 2.85 bits per heavy atom. The highest BCUT2D eigenvalue weighted by atomic mass is 32.2. The quantitative estimate of drug-likeness (QED) is 0.858. The van der Waals surface area contributed by atoms with Crippen molar-refractivity contribution in [3.8, 4) is 0 Å². The maximum atomic E-state index is 11.8. The van der Waals surface area contributed by atoms with Gasteiger partial charge in [0.2, 0.25) is 16.2 Å². The Labute approximate surface area is 126 Å². The highest BCUT2D eigenvalue weighted by Gasteiger charge is 2.25. The second kappa shape index (κ2) is 6.37. The minimum absolute atomic E-state index is 0.0898. The van der Waals surface area contributed by atoms with Gasteiger partial charge in [-0.2, -0.15) is 9.36 Å². The molecule has 0 atom stereocenters. The Morgan fingerprint density at radius 2 is 2.15 bits per heavy atom. The number of thioether (sulfide) groups is 1. The van der Waals surface area contributed by atoms with Crippen LogP contribution in [0.15, 0.2) is 35.5 Å². The molecule has 0 radical (unpaired) electrons. The van der Waals surface area contributed by atoms with Crippen LogP contribution in [0.2, 0.25) is 0 Å². The van der Waals surface area contributed by atoms with Crippen LogP contribution in [-0.4, -0.2) is 15.3 Å². The van der Waals surface area contributed by atoms with Crippen LogP contribution in [0.5, 0.6) is 0 Å². The number of aromatic nitrogens is 2. The van der Waals surface area contributed by atoms with Crippen molar-refractivity contribution in [2.75, 3.05) is 5.32 Å². The summed E-state index contributed by atoms with van der Waals surface area (Å²) in [5.74, 6) is 1.11. The van der Waals surface area contributed by atoms with E-state index in [-0.39, 0.29) is 11.8 Å². The molecule has 1 aliphatic carbocycles. The summed E-state index contributed by atoms with van der Waals surface area (Å²) in [6, 6.07) is 10.2. The molecule has 0 unspecified atom stereocenters. The molecule has 4 nitrogen and oxygen atoms in total. The summed E-state index contributed by atoms with van der Waals surface area (Å²) < 4.78 is 4.27. The average Bonchev–Trinajstić information content (AvgIpc) is 2.83. The van der Waals surface area contributed by atoms with Crippen molar-refractivity contribution in [3.05, 3.63) is 35.9 Å². The lowest BCUT2D eigenvalue weighted by Crippen LogP contribution is -2.27. The zero-order valence-corrected chi connectivity index (χ0v) is 12.5. The fraction of sp³-hybridized carbons (Fsp3) is 0.357. The van der Waals surface area contributed by atoms with Gasteiger partial charge in [0, 0.05) is 23.2 Å². The molecule has 1 aromatic heterocycles. The third-order valence-corrected chi connectivity index (χ3v) is 4.99. The Bertz CT molecular complexity index is 581. The number of amides is 1. The van der Waals surface area contributed by atoms with E-state index < -0.39 is 0 Å². The minimum Gasteiger partial charge on any atom is -0.300 e. The lowest BCUT2D eigenvalue weighted by molar-refractivity contribution is -0.122. The number of rotatable bonds is 5. The van der Waals surface area contributed by atoms with Gasteiger partial charge in [-0.25, -0.2) is 0 Å². The summed E-state index contributed by atoms with van der Waals surface area (Å²) in [7, 11) is 0. The fourth-order valence-electron chi connectivity index (χ4n) is 1.92. The van der Waals surface area contributed by atoms with Crippen molar-refractivity contribution in [1.29, 1.82) is 0 Å². The maximum absolute atomic E-state index is 11.8. The van der Waals surface area contributed by atoms with Crippen LogP contribution < -0.4 is 5.32 Å². The molecule has 1 N–H and O–H groups in total.